The number of nitrogens with one attached hydrogen (secondary N) is 2. The van der Waals surface area contributed by atoms with Gasteiger partial charge in [-0.1, -0.05) is 30.3 Å². The molecule has 5 nitrogen and oxygen atoms in total. The molecular weight excluding hydrogens is 238 g/mol. The Morgan fingerprint density at radius 3 is 2.53 bits per heavy atom. The molecule has 1 aromatic heterocycles. The molecule has 0 aliphatic carbocycles. The molecule has 1 aromatic carbocycles. The summed E-state index contributed by atoms with van der Waals surface area (Å²) < 4.78 is 26.4. The second-order valence-electron chi connectivity index (χ2n) is 3.67. The van der Waals surface area contributed by atoms with Crippen molar-refractivity contribution in [1.29, 1.82) is 0 Å². The predicted octanol–water partition coefficient (Wildman–Crippen LogP) is 1.45. The second-order valence-corrected chi connectivity index (χ2v) is 5.36. The summed E-state index contributed by atoms with van der Waals surface area (Å²) in [6.07, 6.45) is 1.40. The lowest BCUT2D eigenvalue weighted by molar-refractivity contribution is 0.562. The molecule has 1 heterocycles. The molecule has 0 bridgehead atoms. The van der Waals surface area contributed by atoms with Crippen molar-refractivity contribution in [1.82, 2.24) is 14.9 Å². The highest BCUT2D eigenvalue weighted by molar-refractivity contribution is 7.89. The Morgan fingerprint density at radius 2 is 1.94 bits per heavy atom. The SMILES string of the molecule is CC(NS(=O)(=O)c1ccn[nH]1)c1ccccc1. The van der Waals surface area contributed by atoms with Crippen molar-refractivity contribution in [3.8, 4) is 0 Å². The molecule has 0 spiro atoms. The maximum absolute atomic E-state index is 11.9. The highest BCUT2D eigenvalue weighted by Crippen LogP contribution is 2.14. The summed E-state index contributed by atoms with van der Waals surface area (Å²) in [5.74, 6) is 0. The first-order valence-electron chi connectivity index (χ1n) is 5.16. The number of aromatic amines is 1. The molecule has 0 amide bonds. The Kier molecular flexibility index (Phi) is 3.26. The molecule has 0 aliphatic heterocycles. The normalized spacial score (nSPS) is 13.5. The van der Waals surface area contributed by atoms with Gasteiger partial charge in [0.15, 0.2) is 5.03 Å². The zero-order valence-corrected chi connectivity index (χ0v) is 10.1. The van der Waals surface area contributed by atoms with E-state index in [1.165, 1.54) is 12.3 Å². The van der Waals surface area contributed by atoms with Gasteiger partial charge < -0.3 is 0 Å². The van der Waals surface area contributed by atoms with E-state index in [4.69, 9.17) is 0 Å². The van der Waals surface area contributed by atoms with Gasteiger partial charge in [0.05, 0.1) is 6.20 Å². The van der Waals surface area contributed by atoms with Crippen LogP contribution in [-0.4, -0.2) is 18.6 Å². The van der Waals surface area contributed by atoms with E-state index in [1.807, 2.05) is 30.3 Å². The smallest absolute Gasteiger partial charge is 0.258 e. The molecule has 0 saturated carbocycles. The lowest BCUT2D eigenvalue weighted by Gasteiger charge is -2.13. The highest BCUT2D eigenvalue weighted by Gasteiger charge is 2.19. The van der Waals surface area contributed by atoms with Crippen molar-refractivity contribution in [3.63, 3.8) is 0 Å². The summed E-state index contributed by atoms with van der Waals surface area (Å²) in [7, 11) is -3.53. The lowest BCUT2D eigenvalue weighted by atomic mass is 10.1. The van der Waals surface area contributed by atoms with Crippen LogP contribution in [-0.2, 0) is 10.0 Å². The average molecular weight is 251 g/mol. The summed E-state index contributed by atoms with van der Waals surface area (Å²) >= 11 is 0. The summed E-state index contributed by atoms with van der Waals surface area (Å²) in [5.41, 5.74) is 0.913. The van der Waals surface area contributed by atoms with Crippen LogP contribution in [0.4, 0.5) is 0 Å². The Labute approximate surface area is 99.9 Å². The molecule has 0 aliphatic rings. The number of hydrogen-bond donors (Lipinski definition) is 2. The van der Waals surface area contributed by atoms with Crippen LogP contribution in [0.5, 0.6) is 0 Å². The molecule has 2 rings (SSSR count). The summed E-state index contributed by atoms with van der Waals surface area (Å²) in [6, 6.07) is 10.5. The predicted molar refractivity (Wildman–Crippen MR) is 63.8 cm³/mol. The van der Waals surface area contributed by atoms with E-state index >= 15 is 0 Å². The Balaban J connectivity index is 2.17. The summed E-state index contributed by atoms with van der Waals surface area (Å²) in [6.45, 7) is 1.79. The van der Waals surface area contributed by atoms with E-state index in [1.54, 1.807) is 6.92 Å². The molecule has 2 N–H and O–H groups in total. The molecule has 0 fully saturated rings. The van der Waals surface area contributed by atoms with Crippen LogP contribution in [0, 0.1) is 0 Å². The van der Waals surface area contributed by atoms with Gasteiger partial charge in [0, 0.05) is 6.04 Å². The first kappa shape index (κ1) is 11.8. The third-order valence-electron chi connectivity index (χ3n) is 2.40. The Hall–Kier alpha value is -1.66. The fourth-order valence-electron chi connectivity index (χ4n) is 1.50. The van der Waals surface area contributed by atoms with Crippen LogP contribution in [0.25, 0.3) is 0 Å². The van der Waals surface area contributed by atoms with Crippen LogP contribution < -0.4 is 4.72 Å². The maximum atomic E-state index is 11.9. The van der Waals surface area contributed by atoms with Crippen molar-refractivity contribution < 1.29 is 8.42 Å². The van der Waals surface area contributed by atoms with Crippen molar-refractivity contribution in [2.75, 3.05) is 0 Å². The number of aromatic nitrogens is 2. The highest BCUT2D eigenvalue weighted by atomic mass is 32.2. The molecule has 1 atom stereocenters. The van der Waals surface area contributed by atoms with Gasteiger partial charge in [0.1, 0.15) is 0 Å². The van der Waals surface area contributed by atoms with E-state index in [0.717, 1.165) is 5.56 Å². The number of hydrogen-bond acceptors (Lipinski definition) is 3. The van der Waals surface area contributed by atoms with Crippen molar-refractivity contribution >= 4 is 10.0 Å². The number of nitrogens with zero attached hydrogens (tertiary/aromatic N) is 1. The molecule has 6 heteroatoms. The zero-order valence-electron chi connectivity index (χ0n) is 9.29. The van der Waals surface area contributed by atoms with Crippen molar-refractivity contribution in [2.45, 2.75) is 18.0 Å². The number of rotatable bonds is 4. The fraction of sp³-hybridized carbons (Fsp3) is 0.182. The van der Waals surface area contributed by atoms with Crippen LogP contribution in [0.3, 0.4) is 0 Å². The van der Waals surface area contributed by atoms with Crippen LogP contribution in [0.1, 0.15) is 18.5 Å². The van der Waals surface area contributed by atoms with Gasteiger partial charge in [-0.15, -0.1) is 0 Å². The molecule has 90 valence electrons. The first-order valence-corrected chi connectivity index (χ1v) is 6.64. The number of H-pyrrole nitrogens is 1. The Morgan fingerprint density at radius 1 is 1.24 bits per heavy atom. The average Bonchev–Trinajstić information content (AvgIpc) is 2.84. The van der Waals surface area contributed by atoms with Gasteiger partial charge in [-0.25, -0.2) is 13.1 Å². The first-order chi connectivity index (χ1) is 8.09. The standard InChI is InChI=1S/C11H13N3O2S/c1-9(10-5-3-2-4-6-10)14-17(15,16)11-7-8-12-13-11/h2-9,14H,1H3,(H,12,13). The zero-order chi connectivity index (χ0) is 12.3. The number of benzene rings is 1. The van der Waals surface area contributed by atoms with E-state index in [2.05, 4.69) is 14.9 Å². The third-order valence-corrected chi connectivity index (χ3v) is 3.87. The quantitative estimate of drug-likeness (QED) is 0.863. The minimum Gasteiger partial charge on any atom is -0.266 e. The molecule has 2 aromatic rings. The van der Waals surface area contributed by atoms with E-state index < -0.39 is 10.0 Å². The van der Waals surface area contributed by atoms with Crippen LogP contribution >= 0.6 is 0 Å². The lowest BCUT2D eigenvalue weighted by Crippen LogP contribution is -2.27. The van der Waals surface area contributed by atoms with Gasteiger partial charge in [0.25, 0.3) is 10.0 Å². The van der Waals surface area contributed by atoms with E-state index in [-0.39, 0.29) is 11.1 Å². The van der Waals surface area contributed by atoms with Gasteiger partial charge in [-0.2, -0.15) is 5.10 Å². The van der Waals surface area contributed by atoms with E-state index in [9.17, 15) is 8.42 Å². The topological polar surface area (TPSA) is 74.8 Å². The minimum atomic E-state index is -3.53. The molecule has 0 radical (unpaired) electrons. The Bertz CT molecular complexity index is 564. The second kappa shape index (κ2) is 4.68. The largest absolute Gasteiger partial charge is 0.266 e. The van der Waals surface area contributed by atoms with Crippen molar-refractivity contribution in [2.24, 2.45) is 0 Å². The van der Waals surface area contributed by atoms with Crippen LogP contribution in [0.2, 0.25) is 0 Å². The summed E-state index contributed by atoms with van der Waals surface area (Å²) in [5, 5.41) is 6.13. The van der Waals surface area contributed by atoms with Crippen LogP contribution in [0.15, 0.2) is 47.6 Å². The monoisotopic (exact) mass is 251 g/mol. The molecular formula is C11H13N3O2S. The summed E-state index contributed by atoms with van der Waals surface area (Å²) in [4.78, 5) is 0. The molecule has 0 saturated heterocycles. The van der Waals surface area contributed by atoms with E-state index in [0.29, 0.717) is 0 Å². The third kappa shape index (κ3) is 2.72. The van der Waals surface area contributed by atoms with Gasteiger partial charge in [0.2, 0.25) is 0 Å². The van der Waals surface area contributed by atoms with Gasteiger partial charge in [-0.05, 0) is 18.6 Å². The van der Waals surface area contributed by atoms with Crippen molar-refractivity contribution in [3.05, 3.63) is 48.2 Å². The molecule has 17 heavy (non-hydrogen) atoms. The van der Waals surface area contributed by atoms with Gasteiger partial charge >= 0.3 is 0 Å². The molecule has 1 unspecified atom stereocenters. The maximum Gasteiger partial charge on any atom is 0.258 e. The van der Waals surface area contributed by atoms with Gasteiger partial charge in [-0.3, -0.25) is 5.10 Å². The fourth-order valence-corrected chi connectivity index (χ4v) is 2.64. The minimum absolute atomic E-state index is 0.0697. The number of sulfonamides is 1.